The van der Waals surface area contributed by atoms with Crippen molar-refractivity contribution in [1.82, 2.24) is 0 Å². The molecule has 0 spiro atoms. The molecule has 0 amide bonds. The van der Waals surface area contributed by atoms with Crippen molar-refractivity contribution < 1.29 is 9.13 Å². The van der Waals surface area contributed by atoms with Crippen LogP contribution in [-0.4, -0.2) is 5.05 Å². The lowest BCUT2D eigenvalue weighted by Gasteiger charge is -2.06. The minimum absolute atomic E-state index is 0.269. The normalized spacial score (nSPS) is 9.81. The fraction of sp³-hybridized carbons (Fsp3) is 0. The average Bonchev–Trinajstić information content (AvgIpc) is 2.30. The Morgan fingerprint density at radius 3 is 2.44 bits per heavy atom. The molecule has 0 radical (unpaired) electrons. The van der Waals surface area contributed by atoms with E-state index in [9.17, 15) is 4.39 Å². The summed E-state index contributed by atoms with van der Waals surface area (Å²) < 4.78 is 18.4. The molecule has 0 aliphatic rings. The van der Waals surface area contributed by atoms with E-state index in [0.717, 1.165) is 0 Å². The second kappa shape index (κ2) is 4.86. The third-order valence-corrected chi connectivity index (χ3v) is 2.33. The Morgan fingerprint density at radius 2 is 1.75 bits per heavy atom. The van der Waals surface area contributed by atoms with Crippen molar-refractivity contribution in [2.24, 2.45) is 0 Å². The number of rotatable bonds is 2. The first-order valence-electron chi connectivity index (χ1n) is 4.78. The number of thiocarbonyl (C=S) groups is 1. The van der Waals surface area contributed by atoms with Gasteiger partial charge in [-0.2, -0.15) is 0 Å². The van der Waals surface area contributed by atoms with Crippen molar-refractivity contribution in [2.45, 2.75) is 0 Å². The van der Waals surface area contributed by atoms with E-state index in [1.54, 1.807) is 24.3 Å². The SMILES string of the molecule is Fc1cccc(C(=S)Oc2ccccc2)c1. The summed E-state index contributed by atoms with van der Waals surface area (Å²) >= 11 is 5.07. The minimum Gasteiger partial charge on any atom is -0.445 e. The summed E-state index contributed by atoms with van der Waals surface area (Å²) in [5, 5.41) is 0.269. The van der Waals surface area contributed by atoms with Crippen LogP contribution >= 0.6 is 12.2 Å². The second-order valence-corrected chi connectivity index (χ2v) is 3.58. The Bertz CT molecular complexity index is 496. The highest BCUT2D eigenvalue weighted by Crippen LogP contribution is 2.13. The van der Waals surface area contributed by atoms with E-state index < -0.39 is 0 Å². The van der Waals surface area contributed by atoms with Gasteiger partial charge in [0.1, 0.15) is 11.6 Å². The zero-order chi connectivity index (χ0) is 11.4. The molecule has 0 atom stereocenters. The second-order valence-electron chi connectivity index (χ2n) is 3.21. The highest BCUT2D eigenvalue weighted by molar-refractivity contribution is 7.80. The van der Waals surface area contributed by atoms with Crippen LogP contribution in [0.1, 0.15) is 5.56 Å². The summed E-state index contributed by atoms with van der Waals surface area (Å²) in [5.74, 6) is 0.327. The molecule has 2 aromatic rings. The maximum atomic E-state index is 13.0. The van der Waals surface area contributed by atoms with Gasteiger partial charge >= 0.3 is 0 Å². The van der Waals surface area contributed by atoms with Gasteiger partial charge < -0.3 is 4.74 Å². The van der Waals surface area contributed by atoms with Gasteiger partial charge in [0.2, 0.25) is 0 Å². The van der Waals surface area contributed by atoms with Crippen LogP contribution in [0.4, 0.5) is 4.39 Å². The van der Waals surface area contributed by atoms with Crippen LogP contribution < -0.4 is 4.74 Å². The van der Waals surface area contributed by atoms with E-state index in [1.807, 2.05) is 18.2 Å². The molecule has 0 fully saturated rings. The van der Waals surface area contributed by atoms with Crippen LogP contribution in [0.5, 0.6) is 5.75 Å². The lowest BCUT2D eigenvalue weighted by atomic mass is 10.2. The van der Waals surface area contributed by atoms with Gasteiger partial charge in [0.15, 0.2) is 5.05 Å². The number of hydrogen-bond acceptors (Lipinski definition) is 2. The molecule has 80 valence electrons. The lowest BCUT2D eigenvalue weighted by molar-refractivity contribution is 0.565. The van der Waals surface area contributed by atoms with Crippen molar-refractivity contribution in [3.05, 3.63) is 66.0 Å². The van der Waals surface area contributed by atoms with Gasteiger partial charge in [-0.1, -0.05) is 30.3 Å². The fourth-order valence-electron chi connectivity index (χ4n) is 1.27. The molecule has 0 unspecified atom stereocenters. The van der Waals surface area contributed by atoms with Gasteiger partial charge in [0.25, 0.3) is 0 Å². The Kier molecular flexibility index (Phi) is 3.27. The summed E-state index contributed by atoms with van der Waals surface area (Å²) in [6, 6.07) is 15.2. The van der Waals surface area contributed by atoms with E-state index in [2.05, 4.69) is 0 Å². The highest BCUT2D eigenvalue weighted by atomic mass is 32.1. The summed E-state index contributed by atoms with van der Waals surface area (Å²) in [5.41, 5.74) is 0.568. The zero-order valence-corrected chi connectivity index (χ0v) is 9.21. The van der Waals surface area contributed by atoms with E-state index >= 15 is 0 Å². The summed E-state index contributed by atoms with van der Waals surface area (Å²) in [4.78, 5) is 0. The largest absolute Gasteiger partial charge is 0.445 e. The molecule has 3 heteroatoms. The van der Waals surface area contributed by atoms with E-state index in [-0.39, 0.29) is 10.9 Å². The maximum absolute atomic E-state index is 13.0. The topological polar surface area (TPSA) is 9.23 Å². The Morgan fingerprint density at radius 1 is 1.00 bits per heavy atom. The smallest absolute Gasteiger partial charge is 0.198 e. The molecule has 2 aromatic carbocycles. The molecule has 0 N–H and O–H groups in total. The van der Waals surface area contributed by atoms with Gasteiger partial charge in [-0.25, -0.2) is 4.39 Å². The molecule has 2 rings (SSSR count). The standard InChI is InChI=1S/C13H9FOS/c14-11-6-4-5-10(9-11)13(16)15-12-7-2-1-3-8-12/h1-9H. The van der Waals surface area contributed by atoms with Gasteiger partial charge in [-0.3, -0.25) is 0 Å². The first-order valence-corrected chi connectivity index (χ1v) is 5.19. The lowest BCUT2D eigenvalue weighted by Crippen LogP contribution is -2.06. The summed E-state index contributed by atoms with van der Waals surface area (Å²) in [6.07, 6.45) is 0. The minimum atomic E-state index is -0.323. The van der Waals surface area contributed by atoms with Gasteiger partial charge in [0, 0.05) is 5.56 Å². The molecule has 0 bridgehead atoms. The monoisotopic (exact) mass is 232 g/mol. The quantitative estimate of drug-likeness (QED) is 0.732. The summed E-state index contributed by atoms with van der Waals surface area (Å²) in [7, 11) is 0. The molecule has 0 saturated carbocycles. The third-order valence-electron chi connectivity index (χ3n) is 2.01. The first-order chi connectivity index (χ1) is 7.75. The van der Waals surface area contributed by atoms with E-state index in [1.165, 1.54) is 12.1 Å². The molecule has 0 aliphatic carbocycles. The van der Waals surface area contributed by atoms with E-state index in [4.69, 9.17) is 17.0 Å². The predicted octanol–water partition coefficient (Wildman–Crippen LogP) is 3.58. The van der Waals surface area contributed by atoms with Crippen LogP contribution in [0, 0.1) is 5.82 Å². The van der Waals surface area contributed by atoms with Crippen molar-refractivity contribution >= 4 is 17.3 Å². The fourth-order valence-corrected chi connectivity index (χ4v) is 1.49. The Hall–Kier alpha value is -1.74. The van der Waals surface area contributed by atoms with E-state index in [0.29, 0.717) is 11.3 Å². The average molecular weight is 232 g/mol. The highest BCUT2D eigenvalue weighted by Gasteiger charge is 2.04. The zero-order valence-electron chi connectivity index (χ0n) is 8.39. The number of halogens is 1. The van der Waals surface area contributed by atoms with Crippen molar-refractivity contribution in [1.29, 1.82) is 0 Å². The number of para-hydroxylation sites is 1. The predicted molar refractivity (Wildman–Crippen MR) is 65.2 cm³/mol. The number of hydrogen-bond donors (Lipinski definition) is 0. The van der Waals surface area contributed by atoms with Crippen LogP contribution in [0.2, 0.25) is 0 Å². The van der Waals surface area contributed by atoms with Gasteiger partial charge in [0.05, 0.1) is 0 Å². The molecule has 0 aromatic heterocycles. The molecule has 0 heterocycles. The number of benzene rings is 2. The maximum Gasteiger partial charge on any atom is 0.198 e. The summed E-state index contributed by atoms with van der Waals surface area (Å²) in [6.45, 7) is 0. The van der Waals surface area contributed by atoms with Crippen LogP contribution in [0.15, 0.2) is 54.6 Å². The molecule has 16 heavy (non-hydrogen) atoms. The molecule has 0 saturated heterocycles. The van der Waals surface area contributed by atoms with Crippen molar-refractivity contribution in [2.75, 3.05) is 0 Å². The Labute approximate surface area is 98.5 Å². The Balaban J connectivity index is 2.15. The van der Waals surface area contributed by atoms with Crippen LogP contribution in [-0.2, 0) is 0 Å². The van der Waals surface area contributed by atoms with Gasteiger partial charge in [-0.05, 0) is 36.5 Å². The molecular formula is C13H9FOS. The van der Waals surface area contributed by atoms with Crippen molar-refractivity contribution in [3.63, 3.8) is 0 Å². The molecule has 1 nitrogen and oxygen atoms in total. The van der Waals surface area contributed by atoms with Gasteiger partial charge in [-0.15, -0.1) is 0 Å². The molecule has 0 aliphatic heterocycles. The number of ether oxygens (including phenoxy) is 1. The third kappa shape index (κ3) is 2.64. The molecular weight excluding hydrogens is 223 g/mol. The van der Waals surface area contributed by atoms with Crippen molar-refractivity contribution in [3.8, 4) is 5.75 Å². The van der Waals surface area contributed by atoms with Crippen LogP contribution in [0.25, 0.3) is 0 Å². The van der Waals surface area contributed by atoms with Crippen LogP contribution in [0.3, 0.4) is 0 Å². The first kappa shape index (κ1) is 10.8.